The van der Waals surface area contributed by atoms with Gasteiger partial charge in [0, 0.05) is 26.3 Å². The van der Waals surface area contributed by atoms with Crippen molar-refractivity contribution in [2.45, 2.75) is 25.8 Å². The predicted molar refractivity (Wildman–Crippen MR) is 60.5 cm³/mol. The molecule has 1 N–H and O–H groups in total. The number of ether oxygens (including phenoxy) is 2. The Kier molecular flexibility index (Phi) is 5.47. The van der Waals surface area contributed by atoms with Crippen LogP contribution >= 0.6 is 0 Å². The molecule has 1 unspecified atom stereocenters. The minimum absolute atomic E-state index is 0.132. The summed E-state index contributed by atoms with van der Waals surface area (Å²) < 4.78 is 36.3. The lowest BCUT2D eigenvalue weighted by Crippen LogP contribution is -2.39. The van der Waals surface area contributed by atoms with Gasteiger partial charge in [-0.1, -0.05) is 0 Å². The van der Waals surface area contributed by atoms with Crippen LogP contribution in [0.25, 0.3) is 0 Å². The summed E-state index contributed by atoms with van der Waals surface area (Å²) >= 11 is 0. The van der Waals surface area contributed by atoms with Crippen LogP contribution in [0.1, 0.15) is 12.5 Å². The van der Waals surface area contributed by atoms with Crippen LogP contribution in [0.15, 0.2) is 18.2 Å². The normalized spacial score (nSPS) is 13.1. The fraction of sp³-hybridized carbons (Fsp3) is 0.500. The predicted octanol–water partition coefficient (Wildman–Crippen LogP) is 2.06. The molecule has 0 saturated carbocycles. The zero-order chi connectivity index (χ0) is 12.8. The Morgan fingerprint density at radius 2 is 1.88 bits per heavy atom. The fourth-order valence-corrected chi connectivity index (χ4v) is 1.55. The molecular weight excluding hydrogens is 228 g/mol. The minimum Gasteiger partial charge on any atom is -0.354 e. The molecule has 0 amide bonds. The third-order valence-electron chi connectivity index (χ3n) is 2.50. The summed E-state index contributed by atoms with van der Waals surface area (Å²) in [6.07, 6.45) is -0.424. The molecule has 0 aromatic heterocycles. The lowest BCUT2D eigenvalue weighted by molar-refractivity contribution is -0.119. The minimum atomic E-state index is -0.453. The molecule has 0 saturated heterocycles. The van der Waals surface area contributed by atoms with Crippen LogP contribution in [0.3, 0.4) is 0 Å². The maximum Gasteiger partial charge on any atom is 0.171 e. The van der Waals surface area contributed by atoms with E-state index in [-0.39, 0.29) is 18.2 Å². The molecule has 0 aliphatic heterocycles. The number of hydrogen-bond acceptors (Lipinski definition) is 3. The van der Waals surface area contributed by atoms with Crippen molar-refractivity contribution < 1.29 is 18.3 Å². The van der Waals surface area contributed by atoms with Crippen molar-refractivity contribution in [2.75, 3.05) is 14.2 Å². The Bertz CT molecular complexity index is 356. The summed E-state index contributed by atoms with van der Waals surface area (Å²) in [6.45, 7) is 2.06. The van der Waals surface area contributed by atoms with Gasteiger partial charge in [-0.3, -0.25) is 0 Å². The van der Waals surface area contributed by atoms with Crippen molar-refractivity contribution >= 4 is 0 Å². The number of methoxy groups -OCH3 is 2. The van der Waals surface area contributed by atoms with Crippen molar-refractivity contribution in [3.05, 3.63) is 35.4 Å². The quantitative estimate of drug-likeness (QED) is 0.778. The fourth-order valence-electron chi connectivity index (χ4n) is 1.55. The molecule has 1 rings (SSSR count). The Morgan fingerprint density at radius 3 is 2.47 bits per heavy atom. The van der Waals surface area contributed by atoms with Crippen LogP contribution in [0, 0.1) is 11.6 Å². The first-order valence-corrected chi connectivity index (χ1v) is 5.31. The first-order valence-electron chi connectivity index (χ1n) is 5.31. The highest BCUT2D eigenvalue weighted by Gasteiger charge is 2.15. The number of hydrogen-bond donors (Lipinski definition) is 1. The van der Waals surface area contributed by atoms with Gasteiger partial charge < -0.3 is 14.8 Å². The maximum absolute atomic E-state index is 13.3. The van der Waals surface area contributed by atoms with Gasteiger partial charge in [0.1, 0.15) is 11.6 Å². The zero-order valence-corrected chi connectivity index (χ0v) is 10.2. The van der Waals surface area contributed by atoms with Crippen molar-refractivity contribution in [3.8, 4) is 0 Å². The summed E-state index contributed by atoms with van der Waals surface area (Å²) in [6, 6.07) is 3.24. The second-order valence-corrected chi connectivity index (χ2v) is 3.75. The van der Waals surface area contributed by atoms with E-state index in [9.17, 15) is 8.78 Å². The molecule has 17 heavy (non-hydrogen) atoms. The Morgan fingerprint density at radius 1 is 1.24 bits per heavy atom. The van der Waals surface area contributed by atoms with Gasteiger partial charge in [-0.25, -0.2) is 8.78 Å². The Labute approximate surface area is 99.7 Å². The average Bonchev–Trinajstić information content (AvgIpc) is 2.32. The Balaban J connectivity index is 2.57. The first-order chi connectivity index (χ1) is 8.08. The number of halogens is 2. The van der Waals surface area contributed by atoms with Gasteiger partial charge in [0.15, 0.2) is 6.29 Å². The number of nitrogens with one attached hydrogen (secondary N) is 1. The van der Waals surface area contributed by atoms with Gasteiger partial charge >= 0.3 is 0 Å². The summed E-state index contributed by atoms with van der Waals surface area (Å²) in [7, 11) is 3.05. The van der Waals surface area contributed by atoms with Gasteiger partial charge in [0.05, 0.1) is 6.04 Å². The molecule has 0 aliphatic carbocycles. The lowest BCUT2D eigenvalue weighted by Gasteiger charge is -2.22. The SMILES string of the molecule is COC(OC)C(C)NCc1cc(F)ccc1F. The molecule has 1 atom stereocenters. The van der Waals surface area contributed by atoms with E-state index in [2.05, 4.69) is 5.32 Å². The summed E-state index contributed by atoms with van der Waals surface area (Å²) in [5, 5.41) is 3.01. The van der Waals surface area contributed by atoms with Crippen molar-refractivity contribution in [2.24, 2.45) is 0 Å². The van der Waals surface area contributed by atoms with Crippen LogP contribution in [0.5, 0.6) is 0 Å². The van der Waals surface area contributed by atoms with Gasteiger partial charge in [-0.15, -0.1) is 0 Å². The van der Waals surface area contributed by atoms with E-state index in [0.29, 0.717) is 0 Å². The smallest absolute Gasteiger partial charge is 0.171 e. The van der Waals surface area contributed by atoms with Gasteiger partial charge in [-0.2, -0.15) is 0 Å². The second kappa shape index (κ2) is 6.64. The van der Waals surface area contributed by atoms with E-state index < -0.39 is 17.9 Å². The molecule has 0 fully saturated rings. The molecule has 96 valence electrons. The van der Waals surface area contributed by atoms with Crippen LogP contribution in [-0.4, -0.2) is 26.6 Å². The van der Waals surface area contributed by atoms with Crippen LogP contribution < -0.4 is 5.32 Å². The van der Waals surface area contributed by atoms with Crippen molar-refractivity contribution in [1.82, 2.24) is 5.32 Å². The van der Waals surface area contributed by atoms with Crippen LogP contribution in [0.2, 0.25) is 0 Å². The average molecular weight is 245 g/mol. The topological polar surface area (TPSA) is 30.5 Å². The molecule has 0 bridgehead atoms. The highest BCUT2D eigenvalue weighted by Crippen LogP contribution is 2.10. The largest absolute Gasteiger partial charge is 0.354 e. The van der Waals surface area contributed by atoms with E-state index in [4.69, 9.17) is 9.47 Å². The number of benzene rings is 1. The molecule has 3 nitrogen and oxygen atoms in total. The molecule has 0 spiro atoms. The summed E-state index contributed by atoms with van der Waals surface area (Å²) in [5.74, 6) is -0.886. The van der Waals surface area contributed by atoms with Gasteiger partial charge in [-0.05, 0) is 25.1 Å². The molecule has 1 aromatic rings. The van der Waals surface area contributed by atoms with E-state index >= 15 is 0 Å². The molecule has 0 heterocycles. The van der Waals surface area contributed by atoms with E-state index in [0.717, 1.165) is 12.1 Å². The molecule has 5 heteroatoms. The standard InChI is InChI=1S/C12H17F2NO2/c1-8(12(16-2)17-3)15-7-9-6-10(13)4-5-11(9)14/h4-6,8,12,15H,7H2,1-3H3. The number of rotatable bonds is 6. The van der Waals surface area contributed by atoms with E-state index in [1.54, 1.807) is 0 Å². The third kappa shape index (κ3) is 4.03. The summed E-state index contributed by atoms with van der Waals surface area (Å²) in [5.41, 5.74) is 0.280. The van der Waals surface area contributed by atoms with E-state index in [1.807, 2.05) is 6.92 Å². The van der Waals surface area contributed by atoms with Crippen molar-refractivity contribution in [3.63, 3.8) is 0 Å². The van der Waals surface area contributed by atoms with Gasteiger partial charge in [0.2, 0.25) is 0 Å². The van der Waals surface area contributed by atoms with Crippen LogP contribution in [-0.2, 0) is 16.0 Å². The monoisotopic (exact) mass is 245 g/mol. The highest BCUT2D eigenvalue weighted by molar-refractivity contribution is 5.18. The molecule has 1 aromatic carbocycles. The van der Waals surface area contributed by atoms with Gasteiger partial charge in [0.25, 0.3) is 0 Å². The molecule has 0 radical (unpaired) electrons. The lowest BCUT2D eigenvalue weighted by atomic mass is 10.2. The Hall–Kier alpha value is -1.04. The van der Waals surface area contributed by atoms with Crippen LogP contribution in [0.4, 0.5) is 8.78 Å². The highest BCUT2D eigenvalue weighted by atomic mass is 19.1. The van der Waals surface area contributed by atoms with E-state index in [1.165, 1.54) is 20.3 Å². The van der Waals surface area contributed by atoms with Crippen molar-refractivity contribution in [1.29, 1.82) is 0 Å². The zero-order valence-electron chi connectivity index (χ0n) is 10.2. The maximum atomic E-state index is 13.3. The first kappa shape index (κ1) is 14.0. The summed E-state index contributed by atoms with van der Waals surface area (Å²) in [4.78, 5) is 0. The molecular formula is C12H17F2NO2. The molecule has 0 aliphatic rings. The third-order valence-corrected chi connectivity index (χ3v) is 2.50. The second-order valence-electron chi connectivity index (χ2n) is 3.75.